The Morgan fingerprint density at radius 1 is 1.00 bits per heavy atom. The van der Waals surface area contributed by atoms with Gasteiger partial charge in [-0.1, -0.05) is 0 Å². The number of hydrogen-bond acceptors (Lipinski definition) is 7. The highest BCUT2D eigenvalue weighted by molar-refractivity contribution is 5.83. The summed E-state index contributed by atoms with van der Waals surface area (Å²) in [5, 5.41) is 9.25. The number of aryl methyl sites for hydroxylation is 1. The first kappa shape index (κ1) is 14.4. The Bertz CT molecular complexity index is 917. The topological polar surface area (TPSA) is 86.8 Å². The summed E-state index contributed by atoms with van der Waals surface area (Å²) in [5.41, 5.74) is 2.27. The number of rotatable bonds is 2. The van der Waals surface area contributed by atoms with Gasteiger partial charge in [-0.05, 0) is 12.1 Å². The minimum atomic E-state index is 0.611. The lowest BCUT2D eigenvalue weighted by Gasteiger charge is -2.36. The van der Waals surface area contributed by atoms with Gasteiger partial charge in [0.25, 0.3) is 0 Å². The van der Waals surface area contributed by atoms with E-state index >= 15 is 0 Å². The van der Waals surface area contributed by atoms with E-state index in [1.54, 1.807) is 31.0 Å². The third-order valence-electron chi connectivity index (χ3n) is 4.26. The minimum Gasteiger partial charge on any atom is -0.352 e. The second-order valence-corrected chi connectivity index (χ2v) is 5.69. The molecule has 24 heavy (non-hydrogen) atoms. The lowest BCUT2D eigenvalue weighted by molar-refractivity contribution is 0.642. The molecule has 3 aromatic rings. The third kappa shape index (κ3) is 2.31. The Hall–Kier alpha value is -3.21. The molecule has 0 saturated carbocycles. The Morgan fingerprint density at radius 2 is 1.75 bits per heavy atom. The lowest BCUT2D eigenvalue weighted by atomic mass is 10.2. The van der Waals surface area contributed by atoms with Gasteiger partial charge in [-0.15, -0.1) is 0 Å². The fraction of sp³-hybridized carbons (Fsp3) is 0.312. The monoisotopic (exact) mass is 320 g/mol. The zero-order valence-corrected chi connectivity index (χ0v) is 13.3. The van der Waals surface area contributed by atoms with Gasteiger partial charge in [0.2, 0.25) is 0 Å². The van der Waals surface area contributed by atoms with Gasteiger partial charge >= 0.3 is 0 Å². The van der Waals surface area contributed by atoms with E-state index < -0.39 is 0 Å². The smallest absolute Gasteiger partial charge is 0.165 e. The van der Waals surface area contributed by atoms with E-state index in [9.17, 15) is 5.26 Å². The molecule has 0 amide bonds. The summed E-state index contributed by atoms with van der Waals surface area (Å²) in [5.74, 6) is 1.62. The number of piperazine rings is 1. The maximum Gasteiger partial charge on any atom is 0.165 e. The van der Waals surface area contributed by atoms with Crippen molar-refractivity contribution >= 4 is 22.8 Å². The van der Waals surface area contributed by atoms with Crippen LogP contribution in [0, 0.1) is 11.3 Å². The molecule has 0 atom stereocenters. The van der Waals surface area contributed by atoms with Crippen LogP contribution in [0.15, 0.2) is 31.0 Å². The maximum absolute atomic E-state index is 9.25. The van der Waals surface area contributed by atoms with Gasteiger partial charge in [0.05, 0.1) is 11.9 Å². The fourth-order valence-electron chi connectivity index (χ4n) is 3.03. The van der Waals surface area contributed by atoms with Gasteiger partial charge in [-0.3, -0.25) is 0 Å². The van der Waals surface area contributed by atoms with Gasteiger partial charge in [0.15, 0.2) is 17.0 Å². The Morgan fingerprint density at radius 3 is 2.50 bits per heavy atom. The van der Waals surface area contributed by atoms with E-state index in [-0.39, 0.29) is 0 Å². The molecule has 0 aromatic carbocycles. The van der Waals surface area contributed by atoms with E-state index in [1.165, 1.54) is 0 Å². The Labute approximate surface area is 139 Å². The summed E-state index contributed by atoms with van der Waals surface area (Å²) < 4.78 is 1.89. The molecule has 1 fully saturated rings. The van der Waals surface area contributed by atoms with E-state index in [4.69, 9.17) is 0 Å². The summed E-state index contributed by atoms with van der Waals surface area (Å²) in [4.78, 5) is 21.9. The Kier molecular flexibility index (Phi) is 3.46. The predicted octanol–water partition coefficient (Wildman–Crippen LogP) is 0.957. The van der Waals surface area contributed by atoms with Crippen molar-refractivity contribution in [3.63, 3.8) is 0 Å². The van der Waals surface area contributed by atoms with Gasteiger partial charge in [0.1, 0.15) is 18.2 Å². The second-order valence-electron chi connectivity index (χ2n) is 5.69. The van der Waals surface area contributed by atoms with Crippen LogP contribution in [0.4, 0.5) is 11.6 Å². The number of nitriles is 1. The summed E-state index contributed by atoms with van der Waals surface area (Å²) in [6.45, 7) is 3.16. The SMILES string of the molecule is Cn1cnc2c(N3CCN(c4ncccc4C#N)CC3)ncnc21. The van der Waals surface area contributed by atoms with Crippen LogP contribution in [-0.4, -0.2) is 50.7 Å². The highest BCUT2D eigenvalue weighted by Gasteiger charge is 2.23. The Balaban J connectivity index is 1.57. The first-order valence-corrected chi connectivity index (χ1v) is 7.75. The standard InChI is InChI=1S/C16H16N8/c1-22-11-21-13-15(22)19-10-20-16(13)24-7-5-23(6-8-24)14-12(9-17)3-2-4-18-14/h2-4,10-11H,5-8H2,1H3. The van der Waals surface area contributed by atoms with Crippen molar-refractivity contribution in [2.24, 2.45) is 7.05 Å². The van der Waals surface area contributed by atoms with E-state index in [1.807, 2.05) is 11.6 Å². The molecular weight excluding hydrogens is 304 g/mol. The molecule has 1 saturated heterocycles. The normalized spacial score (nSPS) is 14.8. The number of fused-ring (bicyclic) bond motifs is 1. The van der Waals surface area contributed by atoms with Crippen molar-refractivity contribution in [3.05, 3.63) is 36.5 Å². The van der Waals surface area contributed by atoms with Gasteiger partial charge < -0.3 is 14.4 Å². The molecule has 120 valence electrons. The molecule has 0 aliphatic carbocycles. The van der Waals surface area contributed by atoms with E-state index in [0.29, 0.717) is 5.56 Å². The fourth-order valence-corrected chi connectivity index (χ4v) is 3.03. The molecule has 4 heterocycles. The first-order chi connectivity index (χ1) is 11.8. The van der Waals surface area contributed by atoms with E-state index in [2.05, 4.69) is 35.8 Å². The third-order valence-corrected chi connectivity index (χ3v) is 4.26. The van der Waals surface area contributed by atoms with Crippen molar-refractivity contribution in [1.29, 1.82) is 5.26 Å². The zero-order valence-electron chi connectivity index (χ0n) is 13.3. The molecular formula is C16H16N8. The average molecular weight is 320 g/mol. The van der Waals surface area contributed by atoms with Crippen molar-refractivity contribution in [2.75, 3.05) is 36.0 Å². The number of anilines is 2. The molecule has 0 bridgehead atoms. The molecule has 0 unspecified atom stereocenters. The van der Waals surface area contributed by atoms with Crippen LogP contribution in [0.25, 0.3) is 11.2 Å². The minimum absolute atomic E-state index is 0.611. The molecule has 4 rings (SSSR count). The summed E-state index contributed by atoms with van der Waals surface area (Å²) in [6.07, 6.45) is 5.06. The van der Waals surface area contributed by atoms with Crippen molar-refractivity contribution < 1.29 is 0 Å². The molecule has 1 aliphatic rings. The highest BCUT2D eigenvalue weighted by Crippen LogP contribution is 2.24. The number of pyridine rings is 1. The molecule has 1 aliphatic heterocycles. The number of imidazole rings is 1. The quantitative estimate of drug-likeness (QED) is 0.695. The predicted molar refractivity (Wildman–Crippen MR) is 89.7 cm³/mol. The largest absolute Gasteiger partial charge is 0.352 e. The first-order valence-electron chi connectivity index (χ1n) is 7.75. The number of nitrogens with zero attached hydrogens (tertiary/aromatic N) is 8. The summed E-state index contributed by atoms with van der Waals surface area (Å²) in [6, 6.07) is 5.80. The van der Waals surface area contributed by atoms with Crippen LogP contribution in [0.3, 0.4) is 0 Å². The maximum atomic E-state index is 9.25. The van der Waals surface area contributed by atoms with Crippen LogP contribution >= 0.6 is 0 Å². The van der Waals surface area contributed by atoms with Gasteiger partial charge in [-0.2, -0.15) is 5.26 Å². The van der Waals surface area contributed by atoms with Crippen molar-refractivity contribution in [3.8, 4) is 6.07 Å². The zero-order chi connectivity index (χ0) is 16.5. The van der Waals surface area contributed by atoms with Crippen LogP contribution in [0.2, 0.25) is 0 Å². The lowest BCUT2D eigenvalue weighted by Crippen LogP contribution is -2.47. The molecule has 3 aromatic heterocycles. The second kappa shape index (κ2) is 5.77. The molecule has 0 radical (unpaired) electrons. The molecule has 0 spiro atoms. The van der Waals surface area contributed by atoms with Gasteiger partial charge in [0, 0.05) is 39.4 Å². The number of hydrogen-bond donors (Lipinski definition) is 0. The van der Waals surface area contributed by atoms with Gasteiger partial charge in [-0.25, -0.2) is 19.9 Å². The van der Waals surface area contributed by atoms with Crippen LogP contribution in [0.5, 0.6) is 0 Å². The molecule has 8 heteroatoms. The van der Waals surface area contributed by atoms with Crippen molar-refractivity contribution in [1.82, 2.24) is 24.5 Å². The highest BCUT2D eigenvalue weighted by atomic mass is 15.3. The average Bonchev–Trinajstić information content (AvgIpc) is 3.03. The van der Waals surface area contributed by atoms with E-state index in [0.717, 1.165) is 49.0 Å². The van der Waals surface area contributed by atoms with Crippen LogP contribution in [0.1, 0.15) is 5.56 Å². The van der Waals surface area contributed by atoms with Crippen LogP contribution < -0.4 is 9.80 Å². The van der Waals surface area contributed by atoms with Crippen molar-refractivity contribution in [2.45, 2.75) is 0 Å². The molecule has 8 nitrogen and oxygen atoms in total. The number of aromatic nitrogens is 5. The van der Waals surface area contributed by atoms with Crippen LogP contribution in [-0.2, 0) is 7.05 Å². The molecule has 0 N–H and O–H groups in total. The summed E-state index contributed by atoms with van der Waals surface area (Å²) in [7, 11) is 1.93. The summed E-state index contributed by atoms with van der Waals surface area (Å²) >= 11 is 0.